The van der Waals surface area contributed by atoms with Crippen molar-refractivity contribution in [3.63, 3.8) is 0 Å². The predicted molar refractivity (Wildman–Crippen MR) is 135 cm³/mol. The number of carbonyl (C=O) groups excluding carboxylic acids is 2. The van der Waals surface area contributed by atoms with Gasteiger partial charge in [0.25, 0.3) is 5.56 Å². The van der Waals surface area contributed by atoms with Gasteiger partial charge >= 0.3 is 5.97 Å². The summed E-state index contributed by atoms with van der Waals surface area (Å²) in [6, 6.07) is 13.5. The van der Waals surface area contributed by atoms with Gasteiger partial charge in [-0.25, -0.2) is 9.37 Å². The highest BCUT2D eigenvalue weighted by Crippen LogP contribution is 2.36. The molecule has 0 aliphatic carbocycles. The number of likely N-dealkylation sites (tertiary alicyclic amines) is 1. The molecule has 1 aromatic heterocycles. The second-order valence-electron chi connectivity index (χ2n) is 9.25. The monoisotopic (exact) mass is 493 g/mol. The van der Waals surface area contributed by atoms with E-state index in [9.17, 15) is 18.8 Å². The number of rotatable bonds is 9. The average Bonchev–Trinajstić information content (AvgIpc) is 2.89. The fourth-order valence-electron chi connectivity index (χ4n) is 5.04. The number of aromatic nitrogens is 2. The molecule has 1 aliphatic heterocycles. The Hall–Kier alpha value is -3.55. The minimum atomic E-state index is -0.309. The molecular weight excluding hydrogens is 461 g/mol. The molecule has 36 heavy (non-hydrogen) atoms. The first-order chi connectivity index (χ1) is 17.5. The third kappa shape index (κ3) is 6.17. The Morgan fingerprint density at radius 2 is 1.83 bits per heavy atom. The number of hydrogen-bond donors (Lipinski definition) is 0. The van der Waals surface area contributed by atoms with Gasteiger partial charge in [-0.05, 0) is 67.9 Å². The van der Waals surface area contributed by atoms with Crippen molar-refractivity contribution in [2.75, 3.05) is 19.7 Å². The number of piperidine rings is 1. The fourth-order valence-corrected chi connectivity index (χ4v) is 5.04. The Bertz CT molecular complexity index is 1250. The minimum Gasteiger partial charge on any atom is -0.466 e. The van der Waals surface area contributed by atoms with Crippen molar-refractivity contribution in [3.05, 3.63) is 76.6 Å². The van der Waals surface area contributed by atoms with Crippen LogP contribution >= 0.6 is 0 Å². The van der Waals surface area contributed by atoms with E-state index in [2.05, 4.69) is 4.98 Å². The maximum Gasteiger partial charge on any atom is 0.306 e. The molecule has 1 atom stereocenters. The summed E-state index contributed by atoms with van der Waals surface area (Å²) in [7, 11) is 0. The zero-order valence-corrected chi connectivity index (χ0v) is 20.6. The Morgan fingerprint density at radius 1 is 1.11 bits per heavy atom. The predicted octanol–water partition coefficient (Wildman–Crippen LogP) is 4.29. The lowest BCUT2D eigenvalue weighted by Crippen LogP contribution is -2.40. The van der Waals surface area contributed by atoms with Crippen LogP contribution in [-0.4, -0.2) is 46.0 Å². The molecule has 8 heteroatoms. The van der Waals surface area contributed by atoms with Crippen LogP contribution in [0, 0.1) is 11.7 Å². The Labute approximate surface area is 209 Å². The molecule has 4 rings (SSSR count). The Kier molecular flexibility index (Phi) is 8.46. The van der Waals surface area contributed by atoms with Crippen molar-refractivity contribution < 1.29 is 18.7 Å². The molecule has 1 fully saturated rings. The van der Waals surface area contributed by atoms with Crippen LogP contribution in [-0.2, 0) is 20.9 Å². The highest BCUT2D eigenvalue weighted by atomic mass is 19.1. The molecule has 0 N–H and O–H groups in total. The van der Waals surface area contributed by atoms with Gasteiger partial charge in [0.2, 0.25) is 5.91 Å². The number of fused-ring (bicyclic) bond motifs is 1. The third-order valence-corrected chi connectivity index (χ3v) is 6.97. The zero-order valence-electron chi connectivity index (χ0n) is 20.6. The molecule has 7 nitrogen and oxygen atoms in total. The van der Waals surface area contributed by atoms with Crippen molar-refractivity contribution in [1.82, 2.24) is 14.5 Å². The summed E-state index contributed by atoms with van der Waals surface area (Å²) in [5.74, 6) is -0.376. The second kappa shape index (κ2) is 11.9. The molecule has 1 aliphatic rings. The lowest BCUT2D eigenvalue weighted by atomic mass is 9.78. The normalized spacial score (nSPS) is 15.1. The highest BCUT2D eigenvalue weighted by Gasteiger charge is 2.31. The van der Waals surface area contributed by atoms with E-state index in [1.54, 1.807) is 36.0 Å². The summed E-state index contributed by atoms with van der Waals surface area (Å²) in [4.78, 5) is 43.9. The standard InChI is InChI=1S/C28H32FN3O4/c1-2-36-27(34)18-24(20-9-11-22(29)12-10-20)21-13-16-31(17-14-21)26(33)8-5-15-32-19-30-25-7-4-3-6-23(25)28(32)35/h3-4,6-7,9-12,19,21,24H,2,5,8,13-18H2,1H3. The average molecular weight is 494 g/mol. The highest BCUT2D eigenvalue weighted by molar-refractivity contribution is 5.77. The van der Waals surface area contributed by atoms with Gasteiger partial charge in [0.1, 0.15) is 5.82 Å². The van der Waals surface area contributed by atoms with E-state index >= 15 is 0 Å². The molecule has 0 spiro atoms. The Morgan fingerprint density at radius 3 is 2.56 bits per heavy atom. The molecule has 0 radical (unpaired) electrons. The number of para-hydroxylation sites is 1. The molecule has 1 saturated heterocycles. The molecule has 3 aromatic rings. The summed E-state index contributed by atoms with van der Waals surface area (Å²) in [5.41, 5.74) is 1.49. The molecule has 0 bridgehead atoms. The molecule has 0 saturated carbocycles. The quantitative estimate of drug-likeness (QED) is 0.416. The van der Waals surface area contributed by atoms with E-state index in [1.807, 2.05) is 23.1 Å². The van der Waals surface area contributed by atoms with Crippen molar-refractivity contribution in [2.45, 2.75) is 51.5 Å². The Balaban J connectivity index is 1.31. The molecule has 1 amide bonds. The number of benzene rings is 2. The van der Waals surface area contributed by atoms with Gasteiger partial charge in [0, 0.05) is 26.1 Å². The molecule has 2 aromatic carbocycles. The van der Waals surface area contributed by atoms with Crippen LogP contribution in [0.15, 0.2) is 59.7 Å². The first kappa shape index (κ1) is 25.5. The summed E-state index contributed by atoms with van der Waals surface area (Å²) >= 11 is 0. The first-order valence-electron chi connectivity index (χ1n) is 12.6. The number of aryl methyl sites for hydroxylation is 1. The van der Waals surface area contributed by atoms with Crippen LogP contribution in [0.2, 0.25) is 0 Å². The van der Waals surface area contributed by atoms with Crippen molar-refractivity contribution in [1.29, 1.82) is 0 Å². The number of nitrogens with zero attached hydrogens (tertiary/aromatic N) is 3. The summed E-state index contributed by atoms with van der Waals surface area (Å²) in [6.07, 6.45) is 4.22. The van der Waals surface area contributed by atoms with Gasteiger partial charge in [0.15, 0.2) is 0 Å². The van der Waals surface area contributed by atoms with Crippen molar-refractivity contribution in [2.24, 2.45) is 5.92 Å². The van der Waals surface area contributed by atoms with Gasteiger partial charge < -0.3 is 9.64 Å². The van der Waals surface area contributed by atoms with E-state index in [1.165, 1.54) is 12.1 Å². The fraction of sp³-hybridized carbons (Fsp3) is 0.429. The van der Waals surface area contributed by atoms with Gasteiger partial charge in [-0.15, -0.1) is 0 Å². The van der Waals surface area contributed by atoms with Crippen LogP contribution in [0.5, 0.6) is 0 Å². The van der Waals surface area contributed by atoms with Crippen LogP contribution < -0.4 is 5.56 Å². The van der Waals surface area contributed by atoms with Crippen molar-refractivity contribution >= 4 is 22.8 Å². The number of amides is 1. The number of halogens is 1. The zero-order chi connectivity index (χ0) is 25.5. The van der Waals surface area contributed by atoms with E-state index < -0.39 is 0 Å². The maximum atomic E-state index is 13.5. The first-order valence-corrected chi connectivity index (χ1v) is 12.6. The molecule has 190 valence electrons. The summed E-state index contributed by atoms with van der Waals surface area (Å²) < 4.78 is 20.2. The van der Waals surface area contributed by atoms with E-state index in [4.69, 9.17) is 4.74 Å². The van der Waals surface area contributed by atoms with E-state index in [0.717, 1.165) is 18.4 Å². The van der Waals surface area contributed by atoms with Crippen LogP contribution in [0.1, 0.15) is 50.5 Å². The van der Waals surface area contributed by atoms with Crippen LogP contribution in [0.4, 0.5) is 4.39 Å². The second-order valence-corrected chi connectivity index (χ2v) is 9.25. The molecular formula is C28H32FN3O4. The summed E-state index contributed by atoms with van der Waals surface area (Å²) in [6.45, 7) is 3.76. The SMILES string of the molecule is CCOC(=O)CC(c1ccc(F)cc1)C1CCN(C(=O)CCCn2cnc3ccccc3c2=O)CC1. The van der Waals surface area contributed by atoms with Gasteiger partial charge in [0.05, 0.1) is 30.3 Å². The summed E-state index contributed by atoms with van der Waals surface area (Å²) in [5, 5.41) is 0.576. The number of ether oxygens (including phenoxy) is 1. The van der Waals surface area contributed by atoms with Gasteiger partial charge in [-0.3, -0.25) is 19.0 Å². The lowest BCUT2D eigenvalue weighted by Gasteiger charge is -2.36. The minimum absolute atomic E-state index is 0.0685. The topological polar surface area (TPSA) is 81.5 Å². The smallest absolute Gasteiger partial charge is 0.306 e. The number of hydrogen-bond acceptors (Lipinski definition) is 5. The molecule has 1 unspecified atom stereocenters. The maximum absolute atomic E-state index is 13.5. The van der Waals surface area contributed by atoms with E-state index in [0.29, 0.717) is 50.0 Å². The number of esters is 1. The number of carbonyl (C=O) groups is 2. The largest absolute Gasteiger partial charge is 0.466 e. The third-order valence-electron chi connectivity index (χ3n) is 6.97. The molecule has 2 heterocycles. The van der Waals surface area contributed by atoms with Gasteiger partial charge in [-0.1, -0.05) is 24.3 Å². The van der Waals surface area contributed by atoms with Gasteiger partial charge in [-0.2, -0.15) is 0 Å². The van der Waals surface area contributed by atoms with Crippen LogP contribution in [0.3, 0.4) is 0 Å². The lowest BCUT2D eigenvalue weighted by molar-refractivity contribution is -0.144. The van der Waals surface area contributed by atoms with Crippen LogP contribution in [0.25, 0.3) is 10.9 Å². The van der Waals surface area contributed by atoms with E-state index in [-0.39, 0.29) is 41.5 Å². The van der Waals surface area contributed by atoms with Crippen molar-refractivity contribution in [3.8, 4) is 0 Å².